The van der Waals surface area contributed by atoms with Gasteiger partial charge in [-0.25, -0.2) is 8.42 Å². The number of nitrogens with zero attached hydrogens (tertiary/aromatic N) is 2. The fraction of sp³-hybridized carbons (Fsp3) is 0.235. The Kier molecular flexibility index (Phi) is 5.04. The summed E-state index contributed by atoms with van der Waals surface area (Å²) in [7, 11) is -3.61. The summed E-state index contributed by atoms with van der Waals surface area (Å²) in [5, 5.41) is 11.5. The molecule has 2 aromatic heterocycles. The number of aromatic amines is 1. The summed E-state index contributed by atoms with van der Waals surface area (Å²) in [5.41, 5.74) is 0.811. The number of carbonyl (C=O) groups excluding carboxylic acids is 1. The van der Waals surface area contributed by atoms with Gasteiger partial charge >= 0.3 is 0 Å². The van der Waals surface area contributed by atoms with Crippen molar-refractivity contribution in [2.24, 2.45) is 0 Å². The van der Waals surface area contributed by atoms with Crippen molar-refractivity contribution < 1.29 is 13.2 Å². The van der Waals surface area contributed by atoms with Gasteiger partial charge in [-0.3, -0.25) is 19.2 Å². The Morgan fingerprint density at radius 3 is 2.68 bits per heavy atom. The molecule has 0 bridgehead atoms. The van der Waals surface area contributed by atoms with E-state index in [1.54, 1.807) is 35.7 Å². The van der Waals surface area contributed by atoms with E-state index in [4.69, 9.17) is 12.2 Å². The van der Waals surface area contributed by atoms with Crippen LogP contribution in [0.4, 0.5) is 5.69 Å². The minimum atomic E-state index is -3.61. The highest BCUT2D eigenvalue weighted by atomic mass is 32.2. The first-order chi connectivity index (χ1) is 13.4. The standard InChI is InChI=1S/C17H17N5O3S3/c23-16(18-10-14-19-20-17(26)22(14)13-7-8-13)11-3-5-12(6-4-11)21-28(24,25)15-2-1-9-27-15/h1-6,9,13,21H,7-8,10H2,(H,18,23)(H,20,26). The summed E-state index contributed by atoms with van der Waals surface area (Å²) in [5.74, 6) is 0.421. The molecule has 146 valence electrons. The average molecular weight is 436 g/mol. The first kappa shape index (κ1) is 18.8. The number of hydrogen-bond donors (Lipinski definition) is 3. The average Bonchev–Trinajstić information content (AvgIpc) is 3.19. The van der Waals surface area contributed by atoms with Crippen molar-refractivity contribution in [2.75, 3.05) is 4.72 Å². The SMILES string of the molecule is O=C(NCc1n[nH]c(=S)n1C1CC1)c1ccc(NS(=O)(=O)c2cccs2)cc1. The van der Waals surface area contributed by atoms with Crippen molar-refractivity contribution in [1.29, 1.82) is 0 Å². The van der Waals surface area contributed by atoms with Crippen LogP contribution in [0.25, 0.3) is 0 Å². The number of hydrogen-bond acceptors (Lipinski definition) is 6. The van der Waals surface area contributed by atoms with Gasteiger partial charge in [-0.2, -0.15) is 5.10 Å². The monoisotopic (exact) mass is 435 g/mol. The molecule has 0 unspecified atom stereocenters. The minimum absolute atomic E-state index is 0.235. The Hall–Kier alpha value is -2.50. The Bertz CT molecular complexity index is 1140. The number of H-pyrrole nitrogens is 1. The Morgan fingerprint density at radius 1 is 1.29 bits per heavy atom. The molecule has 4 rings (SSSR count). The number of benzene rings is 1. The first-order valence-corrected chi connectivity index (χ1v) is 11.3. The maximum atomic E-state index is 12.4. The summed E-state index contributed by atoms with van der Waals surface area (Å²) in [6.07, 6.45) is 2.13. The lowest BCUT2D eigenvalue weighted by molar-refractivity contribution is 0.0949. The molecule has 0 atom stereocenters. The summed E-state index contributed by atoms with van der Waals surface area (Å²) in [6, 6.07) is 9.83. The number of aromatic nitrogens is 3. The zero-order valence-corrected chi connectivity index (χ0v) is 17.0. The van der Waals surface area contributed by atoms with Crippen LogP contribution in [0.2, 0.25) is 0 Å². The summed E-state index contributed by atoms with van der Waals surface area (Å²) >= 11 is 6.36. The molecule has 1 saturated carbocycles. The molecule has 3 aromatic rings. The van der Waals surface area contributed by atoms with Crippen molar-refractivity contribution in [3.8, 4) is 0 Å². The van der Waals surface area contributed by atoms with E-state index in [-0.39, 0.29) is 16.7 Å². The maximum absolute atomic E-state index is 12.4. The van der Waals surface area contributed by atoms with Gasteiger partial charge in [0.15, 0.2) is 10.6 Å². The maximum Gasteiger partial charge on any atom is 0.271 e. The summed E-state index contributed by atoms with van der Waals surface area (Å²) in [6.45, 7) is 0.259. The molecule has 3 N–H and O–H groups in total. The highest BCUT2D eigenvalue weighted by Gasteiger charge is 2.27. The summed E-state index contributed by atoms with van der Waals surface area (Å²) in [4.78, 5) is 12.4. The normalized spacial score (nSPS) is 14.0. The molecular weight excluding hydrogens is 418 g/mol. The number of thiophene rings is 1. The number of nitrogens with one attached hydrogen (secondary N) is 3. The fourth-order valence-corrected chi connectivity index (χ4v) is 5.10. The lowest BCUT2D eigenvalue weighted by atomic mass is 10.2. The molecule has 8 nitrogen and oxygen atoms in total. The first-order valence-electron chi connectivity index (χ1n) is 8.54. The van der Waals surface area contributed by atoms with E-state index in [0.717, 1.165) is 24.2 Å². The molecule has 0 spiro atoms. The van der Waals surface area contributed by atoms with Crippen molar-refractivity contribution in [3.63, 3.8) is 0 Å². The van der Waals surface area contributed by atoms with Crippen LogP contribution in [0.3, 0.4) is 0 Å². The second kappa shape index (κ2) is 7.49. The molecule has 28 heavy (non-hydrogen) atoms. The number of anilines is 1. The lowest BCUT2D eigenvalue weighted by Crippen LogP contribution is -2.24. The number of sulfonamides is 1. The van der Waals surface area contributed by atoms with E-state index in [2.05, 4.69) is 20.2 Å². The second-order valence-electron chi connectivity index (χ2n) is 6.34. The van der Waals surface area contributed by atoms with Gasteiger partial charge in [0.05, 0.1) is 6.54 Å². The molecule has 0 aliphatic heterocycles. The van der Waals surface area contributed by atoms with Crippen molar-refractivity contribution in [1.82, 2.24) is 20.1 Å². The van der Waals surface area contributed by atoms with Crippen LogP contribution in [0.1, 0.15) is 35.1 Å². The van der Waals surface area contributed by atoms with Crippen LogP contribution in [0.5, 0.6) is 0 Å². The highest BCUT2D eigenvalue weighted by molar-refractivity contribution is 7.94. The van der Waals surface area contributed by atoms with Crippen LogP contribution in [0, 0.1) is 4.77 Å². The topological polar surface area (TPSA) is 109 Å². The predicted octanol–water partition coefficient (Wildman–Crippen LogP) is 3.07. The molecule has 1 fully saturated rings. The quantitative estimate of drug-likeness (QED) is 0.494. The predicted molar refractivity (Wildman–Crippen MR) is 108 cm³/mol. The third-order valence-corrected chi connectivity index (χ3v) is 7.32. The van der Waals surface area contributed by atoms with Gasteiger partial charge in [-0.05, 0) is 60.8 Å². The smallest absolute Gasteiger partial charge is 0.271 e. The van der Waals surface area contributed by atoms with Crippen LogP contribution in [-0.4, -0.2) is 29.1 Å². The molecule has 1 amide bonds. The van der Waals surface area contributed by atoms with Crippen LogP contribution >= 0.6 is 23.6 Å². The molecule has 1 aromatic carbocycles. The van der Waals surface area contributed by atoms with E-state index < -0.39 is 10.0 Å². The van der Waals surface area contributed by atoms with Crippen molar-refractivity contribution >= 4 is 45.2 Å². The van der Waals surface area contributed by atoms with Crippen molar-refractivity contribution in [2.45, 2.75) is 29.6 Å². The molecule has 11 heteroatoms. The van der Waals surface area contributed by atoms with Crippen LogP contribution < -0.4 is 10.0 Å². The highest BCUT2D eigenvalue weighted by Crippen LogP contribution is 2.35. The molecule has 0 radical (unpaired) electrons. The van der Waals surface area contributed by atoms with E-state index >= 15 is 0 Å². The third kappa shape index (κ3) is 4.01. The molecule has 0 saturated heterocycles. The summed E-state index contributed by atoms with van der Waals surface area (Å²) < 4.78 is 29.7. The van der Waals surface area contributed by atoms with Crippen LogP contribution in [-0.2, 0) is 16.6 Å². The van der Waals surface area contributed by atoms with Gasteiger partial charge in [-0.1, -0.05) is 6.07 Å². The zero-order valence-electron chi connectivity index (χ0n) is 14.6. The van der Waals surface area contributed by atoms with Gasteiger partial charge in [0.25, 0.3) is 15.9 Å². The van der Waals surface area contributed by atoms with E-state index in [9.17, 15) is 13.2 Å². The Morgan fingerprint density at radius 2 is 2.04 bits per heavy atom. The fourth-order valence-electron chi connectivity index (χ4n) is 2.74. The Labute approximate surface area is 170 Å². The van der Waals surface area contributed by atoms with Crippen molar-refractivity contribution in [3.05, 3.63) is 57.9 Å². The van der Waals surface area contributed by atoms with E-state index in [1.807, 2.05) is 4.57 Å². The van der Waals surface area contributed by atoms with Crippen LogP contribution in [0.15, 0.2) is 46.0 Å². The van der Waals surface area contributed by atoms with Gasteiger partial charge in [0.1, 0.15) is 4.21 Å². The molecule has 1 aliphatic carbocycles. The number of amides is 1. The van der Waals surface area contributed by atoms with E-state index in [1.165, 1.54) is 6.07 Å². The Balaban J connectivity index is 1.40. The van der Waals surface area contributed by atoms with E-state index in [0.29, 0.717) is 27.9 Å². The van der Waals surface area contributed by atoms with Gasteiger partial charge < -0.3 is 5.32 Å². The largest absolute Gasteiger partial charge is 0.345 e. The number of carbonyl (C=O) groups is 1. The molecule has 2 heterocycles. The number of rotatable bonds is 7. The van der Waals surface area contributed by atoms with Gasteiger partial charge in [0.2, 0.25) is 0 Å². The molecular formula is C17H17N5O3S3. The lowest BCUT2D eigenvalue weighted by Gasteiger charge is -2.09. The zero-order chi connectivity index (χ0) is 19.7. The minimum Gasteiger partial charge on any atom is -0.345 e. The van der Waals surface area contributed by atoms with Gasteiger partial charge in [0, 0.05) is 17.3 Å². The van der Waals surface area contributed by atoms with Gasteiger partial charge in [-0.15, -0.1) is 11.3 Å². The third-order valence-electron chi connectivity index (χ3n) is 4.26. The second-order valence-corrected chi connectivity index (χ2v) is 9.59. The molecule has 1 aliphatic rings.